The molecule has 2 heterocycles. The number of nitrogens with zero attached hydrogens (tertiary/aromatic N) is 2. The van der Waals surface area contributed by atoms with Gasteiger partial charge in [-0.15, -0.1) is 0 Å². The first kappa shape index (κ1) is 12.9. The molecular weight excluding hydrogens is 222 g/mol. The van der Waals surface area contributed by atoms with Gasteiger partial charge in [-0.25, -0.2) is 0 Å². The molecule has 0 aromatic heterocycles. The first-order chi connectivity index (χ1) is 8.88. The van der Waals surface area contributed by atoms with Crippen molar-refractivity contribution in [3.05, 3.63) is 0 Å². The standard InChI is InChI=1S/C15H29N3/c16-11-13-5-1-2-7-15(13)18-10-9-17-8-4-3-6-14(17)12-18/h13-15H,1-12,16H2. The van der Waals surface area contributed by atoms with Gasteiger partial charge in [0, 0.05) is 31.7 Å². The van der Waals surface area contributed by atoms with Gasteiger partial charge in [-0.05, 0) is 44.7 Å². The molecule has 104 valence electrons. The van der Waals surface area contributed by atoms with Crippen LogP contribution in [0, 0.1) is 5.92 Å². The average molecular weight is 251 g/mol. The van der Waals surface area contributed by atoms with Crippen LogP contribution in [0.5, 0.6) is 0 Å². The van der Waals surface area contributed by atoms with Crippen molar-refractivity contribution < 1.29 is 0 Å². The van der Waals surface area contributed by atoms with E-state index in [9.17, 15) is 0 Å². The third-order valence-corrected chi connectivity index (χ3v) is 5.51. The molecule has 0 bridgehead atoms. The van der Waals surface area contributed by atoms with Gasteiger partial charge in [0.1, 0.15) is 0 Å². The molecule has 2 saturated heterocycles. The topological polar surface area (TPSA) is 32.5 Å². The van der Waals surface area contributed by atoms with Gasteiger partial charge in [0.15, 0.2) is 0 Å². The minimum Gasteiger partial charge on any atom is -0.330 e. The molecular formula is C15H29N3. The van der Waals surface area contributed by atoms with Crippen LogP contribution in [0.1, 0.15) is 44.9 Å². The van der Waals surface area contributed by atoms with Gasteiger partial charge in [-0.2, -0.15) is 0 Å². The lowest BCUT2D eigenvalue weighted by Gasteiger charge is -2.49. The first-order valence-electron chi connectivity index (χ1n) is 8.06. The Kier molecular flexibility index (Phi) is 4.22. The molecule has 3 atom stereocenters. The molecule has 3 nitrogen and oxygen atoms in total. The van der Waals surface area contributed by atoms with Crippen molar-refractivity contribution in [3.63, 3.8) is 0 Å². The largest absolute Gasteiger partial charge is 0.330 e. The summed E-state index contributed by atoms with van der Waals surface area (Å²) in [5.41, 5.74) is 6.00. The lowest BCUT2D eigenvalue weighted by Crippen LogP contribution is -2.59. The van der Waals surface area contributed by atoms with E-state index >= 15 is 0 Å². The van der Waals surface area contributed by atoms with Gasteiger partial charge in [-0.1, -0.05) is 19.3 Å². The predicted octanol–water partition coefficient (Wildman–Crippen LogP) is 1.67. The molecule has 3 fully saturated rings. The summed E-state index contributed by atoms with van der Waals surface area (Å²) in [6.45, 7) is 6.16. The predicted molar refractivity (Wildman–Crippen MR) is 75.6 cm³/mol. The second kappa shape index (κ2) is 5.89. The summed E-state index contributed by atoms with van der Waals surface area (Å²) in [5.74, 6) is 0.772. The SMILES string of the molecule is NCC1CCCCC1N1CCN2CCCCC2C1. The number of rotatable bonds is 2. The fourth-order valence-electron chi connectivity index (χ4n) is 4.42. The summed E-state index contributed by atoms with van der Waals surface area (Å²) in [5, 5.41) is 0. The van der Waals surface area contributed by atoms with E-state index in [1.54, 1.807) is 0 Å². The maximum atomic E-state index is 6.00. The first-order valence-corrected chi connectivity index (χ1v) is 8.06. The van der Waals surface area contributed by atoms with Gasteiger partial charge in [0.05, 0.1) is 0 Å². The zero-order valence-corrected chi connectivity index (χ0v) is 11.7. The highest BCUT2D eigenvalue weighted by atomic mass is 15.3. The van der Waals surface area contributed by atoms with Crippen molar-refractivity contribution in [2.75, 3.05) is 32.7 Å². The van der Waals surface area contributed by atoms with Crippen LogP contribution in [-0.4, -0.2) is 54.6 Å². The summed E-state index contributed by atoms with van der Waals surface area (Å²) in [7, 11) is 0. The minimum atomic E-state index is 0.772. The number of fused-ring (bicyclic) bond motifs is 1. The smallest absolute Gasteiger partial charge is 0.0223 e. The zero-order valence-electron chi connectivity index (χ0n) is 11.7. The fraction of sp³-hybridized carbons (Fsp3) is 1.00. The van der Waals surface area contributed by atoms with Crippen LogP contribution in [0.2, 0.25) is 0 Å². The number of piperidine rings is 1. The molecule has 1 aliphatic carbocycles. The Hall–Kier alpha value is -0.120. The summed E-state index contributed by atoms with van der Waals surface area (Å²) in [6.07, 6.45) is 9.89. The van der Waals surface area contributed by atoms with Gasteiger partial charge in [0.25, 0.3) is 0 Å². The van der Waals surface area contributed by atoms with Crippen LogP contribution >= 0.6 is 0 Å². The van der Waals surface area contributed by atoms with Crippen molar-refractivity contribution in [1.82, 2.24) is 9.80 Å². The lowest BCUT2D eigenvalue weighted by atomic mass is 9.82. The molecule has 3 unspecified atom stereocenters. The number of hydrogen-bond acceptors (Lipinski definition) is 3. The molecule has 3 heteroatoms. The number of piperazine rings is 1. The maximum absolute atomic E-state index is 6.00. The molecule has 18 heavy (non-hydrogen) atoms. The Bertz CT molecular complexity index is 268. The summed E-state index contributed by atoms with van der Waals surface area (Å²) >= 11 is 0. The Labute approximate surface area is 112 Å². The van der Waals surface area contributed by atoms with Crippen molar-refractivity contribution >= 4 is 0 Å². The Morgan fingerprint density at radius 1 is 0.833 bits per heavy atom. The Morgan fingerprint density at radius 3 is 2.50 bits per heavy atom. The highest BCUT2D eigenvalue weighted by Gasteiger charge is 2.35. The van der Waals surface area contributed by atoms with E-state index in [1.807, 2.05) is 0 Å². The Balaban J connectivity index is 1.61. The highest BCUT2D eigenvalue weighted by Crippen LogP contribution is 2.31. The van der Waals surface area contributed by atoms with Crippen LogP contribution in [0.15, 0.2) is 0 Å². The molecule has 2 N–H and O–H groups in total. The van der Waals surface area contributed by atoms with Crippen LogP contribution in [0.3, 0.4) is 0 Å². The molecule has 0 radical (unpaired) electrons. The molecule has 1 saturated carbocycles. The molecule has 3 aliphatic rings. The Morgan fingerprint density at radius 2 is 1.61 bits per heavy atom. The van der Waals surface area contributed by atoms with Gasteiger partial charge < -0.3 is 5.73 Å². The third kappa shape index (κ3) is 2.59. The number of hydrogen-bond donors (Lipinski definition) is 1. The average Bonchev–Trinajstić information content (AvgIpc) is 2.46. The van der Waals surface area contributed by atoms with Crippen molar-refractivity contribution in [3.8, 4) is 0 Å². The quantitative estimate of drug-likeness (QED) is 0.810. The highest BCUT2D eigenvalue weighted by molar-refractivity contribution is 4.91. The second-order valence-electron chi connectivity index (χ2n) is 6.53. The van der Waals surface area contributed by atoms with E-state index in [1.165, 1.54) is 71.1 Å². The summed E-state index contributed by atoms with van der Waals surface area (Å²) in [4.78, 5) is 5.53. The van der Waals surface area contributed by atoms with Crippen molar-refractivity contribution in [1.29, 1.82) is 0 Å². The van der Waals surface area contributed by atoms with Crippen molar-refractivity contribution in [2.24, 2.45) is 11.7 Å². The van der Waals surface area contributed by atoms with Gasteiger partial charge >= 0.3 is 0 Å². The monoisotopic (exact) mass is 251 g/mol. The summed E-state index contributed by atoms with van der Waals surface area (Å²) in [6, 6.07) is 1.65. The maximum Gasteiger partial charge on any atom is 0.0223 e. The third-order valence-electron chi connectivity index (χ3n) is 5.51. The van der Waals surface area contributed by atoms with Crippen LogP contribution < -0.4 is 5.73 Å². The van der Waals surface area contributed by atoms with Crippen LogP contribution in [0.4, 0.5) is 0 Å². The van der Waals surface area contributed by atoms with E-state index in [0.717, 1.165) is 24.5 Å². The normalized spacial score (nSPS) is 39.5. The van der Waals surface area contributed by atoms with E-state index < -0.39 is 0 Å². The van der Waals surface area contributed by atoms with E-state index in [4.69, 9.17) is 5.73 Å². The second-order valence-corrected chi connectivity index (χ2v) is 6.53. The molecule has 0 aromatic carbocycles. The van der Waals surface area contributed by atoms with Gasteiger partial charge in [0.2, 0.25) is 0 Å². The van der Waals surface area contributed by atoms with E-state index in [2.05, 4.69) is 9.80 Å². The van der Waals surface area contributed by atoms with E-state index in [0.29, 0.717) is 0 Å². The number of nitrogens with two attached hydrogens (primary N) is 1. The molecule has 3 rings (SSSR count). The summed E-state index contributed by atoms with van der Waals surface area (Å²) < 4.78 is 0. The van der Waals surface area contributed by atoms with Crippen molar-refractivity contribution in [2.45, 2.75) is 57.0 Å². The fourth-order valence-corrected chi connectivity index (χ4v) is 4.42. The molecule has 2 aliphatic heterocycles. The lowest BCUT2D eigenvalue weighted by molar-refractivity contribution is 0.00285. The molecule has 0 spiro atoms. The zero-order chi connectivity index (χ0) is 12.4. The molecule has 0 amide bonds. The van der Waals surface area contributed by atoms with E-state index in [-0.39, 0.29) is 0 Å². The van der Waals surface area contributed by atoms with Crippen LogP contribution in [-0.2, 0) is 0 Å². The van der Waals surface area contributed by atoms with Crippen LogP contribution in [0.25, 0.3) is 0 Å². The molecule has 0 aromatic rings. The minimum absolute atomic E-state index is 0.772. The van der Waals surface area contributed by atoms with Gasteiger partial charge in [-0.3, -0.25) is 9.80 Å².